The molecule has 0 aliphatic carbocycles. The molecule has 0 fully saturated rings. The zero-order valence-electron chi connectivity index (χ0n) is 12.0. The zero-order valence-corrected chi connectivity index (χ0v) is 13.6. The molecule has 0 bridgehead atoms. The van der Waals surface area contributed by atoms with Crippen molar-refractivity contribution in [2.75, 3.05) is 18.5 Å². The molecular weight excluding hydrogens is 304 g/mol. The first-order valence-corrected chi connectivity index (χ1v) is 8.20. The van der Waals surface area contributed by atoms with E-state index in [1.807, 2.05) is 6.20 Å². The van der Waals surface area contributed by atoms with Gasteiger partial charge in [0.1, 0.15) is 0 Å². The minimum atomic E-state index is 0.376. The third-order valence-electron chi connectivity index (χ3n) is 3.70. The molecular formula is C15H23BrN2O. The maximum Gasteiger partial charge on any atom is 0.0738 e. The van der Waals surface area contributed by atoms with Gasteiger partial charge in [-0.25, -0.2) is 0 Å². The first-order valence-electron chi connectivity index (χ1n) is 7.08. The SMILES string of the molecule is CCCC1COCC(c2ccnn2C(C)C)=C1CBr. The maximum absolute atomic E-state index is 5.82. The van der Waals surface area contributed by atoms with Crippen LogP contribution in [0.2, 0.25) is 0 Å². The lowest BCUT2D eigenvalue weighted by Gasteiger charge is -2.28. The van der Waals surface area contributed by atoms with E-state index >= 15 is 0 Å². The van der Waals surface area contributed by atoms with E-state index in [1.54, 1.807) is 0 Å². The molecule has 2 heterocycles. The van der Waals surface area contributed by atoms with E-state index in [0.29, 0.717) is 18.6 Å². The molecule has 1 aromatic heterocycles. The van der Waals surface area contributed by atoms with Gasteiger partial charge in [-0.15, -0.1) is 0 Å². The Bertz CT molecular complexity index is 451. The van der Waals surface area contributed by atoms with Crippen LogP contribution in [-0.4, -0.2) is 28.3 Å². The van der Waals surface area contributed by atoms with Crippen molar-refractivity contribution >= 4 is 21.5 Å². The highest BCUT2D eigenvalue weighted by Crippen LogP contribution is 2.33. The van der Waals surface area contributed by atoms with Crippen LogP contribution in [0.15, 0.2) is 17.8 Å². The average molecular weight is 327 g/mol. The van der Waals surface area contributed by atoms with Crippen LogP contribution in [0.5, 0.6) is 0 Å². The number of halogens is 1. The highest BCUT2D eigenvalue weighted by molar-refractivity contribution is 9.09. The van der Waals surface area contributed by atoms with E-state index in [9.17, 15) is 0 Å². The highest BCUT2D eigenvalue weighted by atomic mass is 79.9. The third-order valence-corrected chi connectivity index (χ3v) is 4.30. The van der Waals surface area contributed by atoms with Gasteiger partial charge in [0.05, 0.1) is 18.9 Å². The van der Waals surface area contributed by atoms with Crippen molar-refractivity contribution < 1.29 is 4.74 Å². The van der Waals surface area contributed by atoms with E-state index < -0.39 is 0 Å². The predicted octanol–water partition coefficient (Wildman–Crippen LogP) is 4.06. The molecule has 1 unspecified atom stereocenters. The summed E-state index contributed by atoms with van der Waals surface area (Å²) in [6.45, 7) is 8.13. The van der Waals surface area contributed by atoms with Crippen LogP contribution < -0.4 is 0 Å². The minimum absolute atomic E-state index is 0.376. The molecule has 4 heteroatoms. The summed E-state index contributed by atoms with van der Waals surface area (Å²) < 4.78 is 7.91. The smallest absolute Gasteiger partial charge is 0.0738 e. The molecule has 0 N–H and O–H groups in total. The quantitative estimate of drug-likeness (QED) is 0.763. The Morgan fingerprint density at radius 1 is 1.53 bits per heavy atom. The lowest BCUT2D eigenvalue weighted by Crippen LogP contribution is -2.23. The second-order valence-corrected chi connectivity index (χ2v) is 5.95. The lowest BCUT2D eigenvalue weighted by molar-refractivity contribution is 0.122. The topological polar surface area (TPSA) is 27.1 Å². The normalized spacial score (nSPS) is 20.4. The van der Waals surface area contributed by atoms with Gasteiger partial charge in [0.25, 0.3) is 0 Å². The van der Waals surface area contributed by atoms with Gasteiger partial charge in [-0.1, -0.05) is 29.3 Å². The number of hydrogen-bond donors (Lipinski definition) is 0. The second kappa shape index (κ2) is 6.71. The van der Waals surface area contributed by atoms with Crippen molar-refractivity contribution in [3.8, 4) is 0 Å². The Morgan fingerprint density at radius 3 is 2.95 bits per heavy atom. The highest BCUT2D eigenvalue weighted by Gasteiger charge is 2.25. The third kappa shape index (κ3) is 3.11. The molecule has 0 radical (unpaired) electrons. The Hall–Kier alpha value is -0.610. The van der Waals surface area contributed by atoms with Gasteiger partial charge >= 0.3 is 0 Å². The molecule has 0 aromatic carbocycles. The lowest BCUT2D eigenvalue weighted by atomic mass is 9.89. The van der Waals surface area contributed by atoms with E-state index in [1.165, 1.54) is 29.7 Å². The summed E-state index contributed by atoms with van der Waals surface area (Å²) in [4.78, 5) is 0. The van der Waals surface area contributed by atoms with Gasteiger partial charge < -0.3 is 4.74 Å². The summed E-state index contributed by atoms with van der Waals surface area (Å²) in [5, 5.41) is 5.37. The van der Waals surface area contributed by atoms with Crippen molar-refractivity contribution in [3.05, 3.63) is 23.5 Å². The van der Waals surface area contributed by atoms with Gasteiger partial charge in [0, 0.05) is 29.1 Å². The van der Waals surface area contributed by atoms with Crippen LogP contribution in [0.3, 0.4) is 0 Å². The molecule has 1 aliphatic heterocycles. The summed E-state index contributed by atoms with van der Waals surface area (Å²) >= 11 is 3.67. The predicted molar refractivity (Wildman–Crippen MR) is 82.5 cm³/mol. The van der Waals surface area contributed by atoms with Crippen molar-refractivity contribution in [3.63, 3.8) is 0 Å². The molecule has 1 aliphatic rings. The maximum atomic E-state index is 5.82. The van der Waals surface area contributed by atoms with Gasteiger partial charge in [-0.2, -0.15) is 5.10 Å². The Balaban J connectivity index is 2.41. The minimum Gasteiger partial charge on any atom is -0.376 e. The fourth-order valence-electron chi connectivity index (χ4n) is 2.74. The number of hydrogen-bond acceptors (Lipinski definition) is 2. The molecule has 1 aromatic rings. The first kappa shape index (κ1) is 14.8. The number of alkyl halides is 1. The van der Waals surface area contributed by atoms with Crippen LogP contribution in [-0.2, 0) is 4.74 Å². The summed E-state index contributed by atoms with van der Waals surface area (Å²) in [5.74, 6) is 0.545. The molecule has 2 rings (SSSR count). The Kier molecular flexibility index (Phi) is 5.22. The molecule has 106 valence electrons. The van der Waals surface area contributed by atoms with Crippen molar-refractivity contribution in [1.29, 1.82) is 0 Å². The fraction of sp³-hybridized carbons (Fsp3) is 0.667. The second-order valence-electron chi connectivity index (χ2n) is 5.39. The molecule has 3 nitrogen and oxygen atoms in total. The van der Waals surface area contributed by atoms with Gasteiger partial charge in [0.15, 0.2) is 0 Å². The molecule has 0 saturated carbocycles. The summed E-state index contributed by atoms with van der Waals surface area (Å²) in [6, 6.07) is 2.48. The first-order chi connectivity index (χ1) is 9.19. The number of rotatable bonds is 5. The number of ether oxygens (including phenoxy) is 1. The number of nitrogens with zero attached hydrogens (tertiary/aromatic N) is 2. The summed E-state index contributed by atoms with van der Waals surface area (Å²) in [5.41, 5.74) is 4.04. The molecule has 19 heavy (non-hydrogen) atoms. The van der Waals surface area contributed by atoms with E-state index in [2.05, 4.69) is 52.5 Å². The Morgan fingerprint density at radius 2 is 2.32 bits per heavy atom. The summed E-state index contributed by atoms with van der Waals surface area (Å²) in [7, 11) is 0. The summed E-state index contributed by atoms with van der Waals surface area (Å²) in [6.07, 6.45) is 4.28. The van der Waals surface area contributed by atoms with Crippen LogP contribution in [0.25, 0.3) is 5.57 Å². The van der Waals surface area contributed by atoms with Crippen molar-refractivity contribution in [1.82, 2.24) is 9.78 Å². The monoisotopic (exact) mass is 326 g/mol. The van der Waals surface area contributed by atoms with E-state index in [4.69, 9.17) is 4.74 Å². The van der Waals surface area contributed by atoms with Gasteiger partial charge in [-0.05, 0) is 31.9 Å². The van der Waals surface area contributed by atoms with E-state index in [0.717, 1.165) is 11.9 Å². The van der Waals surface area contributed by atoms with Crippen LogP contribution in [0, 0.1) is 5.92 Å². The largest absolute Gasteiger partial charge is 0.376 e. The van der Waals surface area contributed by atoms with E-state index in [-0.39, 0.29) is 0 Å². The van der Waals surface area contributed by atoms with Crippen molar-refractivity contribution in [2.45, 2.75) is 39.7 Å². The Labute approximate surface area is 124 Å². The average Bonchev–Trinajstić information content (AvgIpc) is 2.88. The fourth-order valence-corrected chi connectivity index (χ4v) is 3.54. The standard InChI is InChI=1S/C15H23BrN2O/c1-4-5-12-9-19-10-14(13(12)8-16)15-6-7-17-18(15)11(2)3/h6-7,11-12H,4-5,8-10H2,1-3H3. The molecule has 0 amide bonds. The van der Waals surface area contributed by atoms with Gasteiger partial charge in [-0.3, -0.25) is 4.68 Å². The molecule has 0 saturated heterocycles. The zero-order chi connectivity index (χ0) is 13.8. The van der Waals surface area contributed by atoms with Crippen LogP contribution in [0.4, 0.5) is 0 Å². The number of aromatic nitrogens is 2. The van der Waals surface area contributed by atoms with Crippen LogP contribution in [0.1, 0.15) is 45.3 Å². The van der Waals surface area contributed by atoms with Gasteiger partial charge in [0.2, 0.25) is 0 Å². The molecule has 1 atom stereocenters. The van der Waals surface area contributed by atoms with Crippen LogP contribution >= 0.6 is 15.9 Å². The van der Waals surface area contributed by atoms with Crippen molar-refractivity contribution in [2.24, 2.45) is 5.92 Å². The molecule has 0 spiro atoms.